The quantitative estimate of drug-likeness (QED) is 0.779. The van der Waals surface area contributed by atoms with E-state index in [0.29, 0.717) is 0 Å². The first-order chi connectivity index (χ1) is 6.93. The van der Waals surface area contributed by atoms with Gasteiger partial charge < -0.3 is 9.73 Å². The first-order valence-corrected chi connectivity index (χ1v) is 5.09. The summed E-state index contributed by atoms with van der Waals surface area (Å²) in [5.41, 5.74) is 2.36. The van der Waals surface area contributed by atoms with E-state index in [0.717, 1.165) is 31.0 Å². The largest absolute Gasteiger partial charge is 0.464 e. The summed E-state index contributed by atoms with van der Waals surface area (Å²) in [4.78, 5) is 0. The Hall–Kier alpha value is -1.28. The van der Waals surface area contributed by atoms with Crippen LogP contribution in [0.2, 0.25) is 0 Å². The molecule has 0 aliphatic carbocycles. The molecule has 0 radical (unpaired) electrons. The van der Waals surface area contributed by atoms with Crippen molar-refractivity contribution in [1.82, 2.24) is 5.32 Å². The normalized spacial score (nSPS) is 17.1. The molecule has 14 heavy (non-hydrogen) atoms. The van der Waals surface area contributed by atoms with Crippen molar-refractivity contribution in [2.75, 3.05) is 13.1 Å². The number of furan rings is 1. The summed E-state index contributed by atoms with van der Waals surface area (Å²) in [5, 5.41) is 4.57. The Kier molecular flexibility index (Phi) is 1.81. The zero-order valence-electron chi connectivity index (χ0n) is 7.99. The van der Waals surface area contributed by atoms with Crippen molar-refractivity contribution in [1.29, 1.82) is 0 Å². The zero-order chi connectivity index (χ0) is 9.38. The van der Waals surface area contributed by atoms with Crippen LogP contribution in [0, 0.1) is 5.92 Å². The molecule has 2 nitrogen and oxygen atoms in total. The van der Waals surface area contributed by atoms with Gasteiger partial charge in [-0.05, 0) is 37.1 Å². The summed E-state index contributed by atoms with van der Waals surface area (Å²) >= 11 is 0. The van der Waals surface area contributed by atoms with Gasteiger partial charge in [0.25, 0.3) is 0 Å². The van der Waals surface area contributed by atoms with E-state index in [1.165, 1.54) is 10.9 Å². The van der Waals surface area contributed by atoms with E-state index in [9.17, 15) is 0 Å². The van der Waals surface area contributed by atoms with Crippen molar-refractivity contribution in [3.63, 3.8) is 0 Å². The minimum atomic E-state index is 0.802. The fourth-order valence-corrected chi connectivity index (χ4v) is 1.99. The van der Waals surface area contributed by atoms with E-state index in [2.05, 4.69) is 17.4 Å². The Bertz CT molecular complexity index is 442. The lowest BCUT2D eigenvalue weighted by molar-refractivity contribution is 0.346. The van der Waals surface area contributed by atoms with Gasteiger partial charge >= 0.3 is 0 Å². The molecule has 1 aliphatic heterocycles. The maximum Gasteiger partial charge on any atom is 0.134 e. The molecular formula is C12H13NO. The minimum absolute atomic E-state index is 0.802. The molecule has 0 atom stereocenters. The van der Waals surface area contributed by atoms with Crippen molar-refractivity contribution in [3.05, 3.63) is 36.1 Å². The molecule has 3 rings (SSSR count). The van der Waals surface area contributed by atoms with E-state index in [-0.39, 0.29) is 0 Å². The predicted molar refractivity (Wildman–Crippen MR) is 56.3 cm³/mol. The van der Waals surface area contributed by atoms with Gasteiger partial charge in [-0.3, -0.25) is 0 Å². The van der Waals surface area contributed by atoms with Crippen LogP contribution in [0.5, 0.6) is 0 Å². The summed E-state index contributed by atoms with van der Waals surface area (Å²) in [6.07, 6.45) is 3.05. The summed E-state index contributed by atoms with van der Waals surface area (Å²) in [6, 6.07) is 8.25. The first-order valence-electron chi connectivity index (χ1n) is 5.09. The molecular weight excluding hydrogens is 174 g/mol. The average molecular weight is 187 g/mol. The maximum atomic E-state index is 5.50. The SMILES string of the molecule is c1ccc2c(CC3CNC3)coc2c1. The maximum absolute atomic E-state index is 5.50. The van der Waals surface area contributed by atoms with Gasteiger partial charge in [0.1, 0.15) is 5.58 Å². The molecule has 1 aromatic heterocycles. The second kappa shape index (κ2) is 3.14. The third-order valence-electron chi connectivity index (χ3n) is 2.94. The van der Waals surface area contributed by atoms with Crippen LogP contribution in [0.3, 0.4) is 0 Å². The number of para-hydroxylation sites is 1. The Labute approximate surface area is 82.9 Å². The molecule has 0 saturated carbocycles. The molecule has 2 aromatic rings. The van der Waals surface area contributed by atoms with Crippen molar-refractivity contribution >= 4 is 11.0 Å². The Morgan fingerprint density at radius 3 is 2.93 bits per heavy atom. The highest BCUT2D eigenvalue weighted by Crippen LogP contribution is 2.24. The van der Waals surface area contributed by atoms with Gasteiger partial charge in [-0.15, -0.1) is 0 Å². The smallest absolute Gasteiger partial charge is 0.134 e. The van der Waals surface area contributed by atoms with Crippen LogP contribution in [0.4, 0.5) is 0 Å². The highest BCUT2D eigenvalue weighted by atomic mass is 16.3. The van der Waals surface area contributed by atoms with Gasteiger partial charge in [-0.1, -0.05) is 18.2 Å². The fourth-order valence-electron chi connectivity index (χ4n) is 1.99. The molecule has 0 spiro atoms. The van der Waals surface area contributed by atoms with E-state index >= 15 is 0 Å². The Morgan fingerprint density at radius 1 is 1.29 bits per heavy atom. The highest BCUT2D eigenvalue weighted by molar-refractivity contribution is 5.80. The second-order valence-electron chi connectivity index (χ2n) is 3.99. The molecule has 0 bridgehead atoms. The average Bonchev–Trinajstić information content (AvgIpc) is 2.55. The van der Waals surface area contributed by atoms with Crippen LogP contribution in [0.1, 0.15) is 5.56 Å². The number of fused-ring (bicyclic) bond motifs is 1. The molecule has 1 saturated heterocycles. The minimum Gasteiger partial charge on any atom is -0.464 e. The fraction of sp³-hybridized carbons (Fsp3) is 0.333. The third kappa shape index (κ3) is 1.23. The summed E-state index contributed by atoms with van der Waals surface area (Å²) in [7, 11) is 0. The molecule has 0 amide bonds. The molecule has 1 aliphatic rings. The van der Waals surface area contributed by atoms with Crippen molar-refractivity contribution in [3.8, 4) is 0 Å². The number of hydrogen-bond donors (Lipinski definition) is 1. The van der Waals surface area contributed by atoms with Crippen molar-refractivity contribution < 1.29 is 4.42 Å². The predicted octanol–water partition coefficient (Wildman–Crippen LogP) is 2.19. The van der Waals surface area contributed by atoms with Crippen molar-refractivity contribution in [2.45, 2.75) is 6.42 Å². The van der Waals surface area contributed by atoms with E-state index in [4.69, 9.17) is 4.42 Å². The van der Waals surface area contributed by atoms with Crippen LogP contribution in [0.25, 0.3) is 11.0 Å². The Morgan fingerprint density at radius 2 is 2.14 bits per heavy atom. The molecule has 2 heterocycles. The molecule has 1 N–H and O–H groups in total. The second-order valence-corrected chi connectivity index (χ2v) is 3.99. The molecule has 0 unspecified atom stereocenters. The summed E-state index contributed by atoms with van der Waals surface area (Å²) in [5.74, 6) is 0.802. The number of nitrogens with one attached hydrogen (secondary N) is 1. The number of hydrogen-bond acceptors (Lipinski definition) is 2. The summed E-state index contributed by atoms with van der Waals surface area (Å²) < 4.78 is 5.50. The Balaban J connectivity index is 1.95. The van der Waals surface area contributed by atoms with Crippen LogP contribution >= 0.6 is 0 Å². The lowest BCUT2D eigenvalue weighted by Crippen LogP contribution is -2.42. The molecule has 1 aromatic carbocycles. The third-order valence-corrected chi connectivity index (χ3v) is 2.94. The first kappa shape index (κ1) is 8.06. The molecule has 72 valence electrons. The van der Waals surface area contributed by atoms with Gasteiger partial charge in [0.05, 0.1) is 6.26 Å². The van der Waals surface area contributed by atoms with E-state index < -0.39 is 0 Å². The zero-order valence-corrected chi connectivity index (χ0v) is 7.99. The molecule has 2 heteroatoms. The van der Waals surface area contributed by atoms with E-state index in [1.54, 1.807) is 0 Å². The number of rotatable bonds is 2. The van der Waals surface area contributed by atoms with Gasteiger partial charge in [0, 0.05) is 5.39 Å². The van der Waals surface area contributed by atoms with Gasteiger partial charge in [0.15, 0.2) is 0 Å². The van der Waals surface area contributed by atoms with Gasteiger partial charge in [-0.2, -0.15) is 0 Å². The van der Waals surface area contributed by atoms with Crippen LogP contribution in [0.15, 0.2) is 34.9 Å². The monoisotopic (exact) mass is 187 g/mol. The van der Waals surface area contributed by atoms with Crippen molar-refractivity contribution in [2.24, 2.45) is 5.92 Å². The lowest BCUT2D eigenvalue weighted by atomic mass is 9.94. The van der Waals surface area contributed by atoms with E-state index in [1.807, 2.05) is 18.4 Å². The molecule has 1 fully saturated rings. The van der Waals surface area contributed by atoms with Crippen LogP contribution < -0.4 is 5.32 Å². The van der Waals surface area contributed by atoms with Gasteiger partial charge in [-0.25, -0.2) is 0 Å². The van der Waals surface area contributed by atoms with Crippen LogP contribution in [-0.2, 0) is 6.42 Å². The summed E-state index contributed by atoms with van der Waals surface area (Å²) in [6.45, 7) is 2.30. The van der Waals surface area contributed by atoms with Gasteiger partial charge in [0.2, 0.25) is 0 Å². The number of benzene rings is 1. The van der Waals surface area contributed by atoms with Crippen LogP contribution in [-0.4, -0.2) is 13.1 Å². The highest BCUT2D eigenvalue weighted by Gasteiger charge is 2.18. The standard InChI is InChI=1S/C12H13NO/c1-2-4-12-11(3-1)10(8-14-12)5-9-6-13-7-9/h1-4,8-9,13H,5-7H2. The topological polar surface area (TPSA) is 25.2 Å². The lowest BCUT2D eigenvalue weighted by Gasteiger charge is -2.26.